The van der Waals surface area contributed by atoms with E-state index in [1.807, 2.05) is 24.1 Å². The van der Waals surface area contributed by atoms with E-state index in [0.717, 1.165) is 70.6 Å². The number of rotatable bonds is 3. The van der Waals surface area contributed by atoms with E-state index in [9.17, 15) is 4.79 Å². The second kappa shape index (κ2) is 7.10. The second-order valence-electron chi connectivity index (χ2n) is 8.22. The molecule has 1 amide bonds. The lowest BCUT2D eigenvalue weighted by Crippen LogP contribution is -2.50. The summed E-state index contributed by atoms with van der Waals surface area (Å²) in [4.78, 5) is 19.8. The highest BCUT2D eigenvalue weighted by Gasteiger charge is 2.48. The first-order chi connectivity index (χ1) is 12.6. The molecule has 0 aromatic heterocycles. The summed E-state index contributed by atoms with van der Waals surface area (Å²) in [7, 11) is 3.71. The highest BCUT2D eigenvalue weighted by atomic mass is 16.5. The molecule has 4 rings (SSSR count). The minimum absolute atomic E-state index is 0.0905. The number of benzene rings is 1. The van der Waals surface area contributed by atoms with Gasteiger partial charge in [-0.2, -0.15) is 0 Å². The lowest BCUT2D eigenvalue weighted by atomic mass is 9.78. The van der Waals surface area contributed by atoms with Gasteiger partial charge < -0.3 is 14.5 Å². The van der Waals surface area contributed by atoms with E-state index < -0.39 is 0 Å². The van der Waals surface area contributed by atoms with Crippen molar-refractivity contribution in [3.05, 3.63) is 24.3 Å². The van der Waals surface area contributed by atoms with Crippen molar-refractivity contribution in [3.63, 3.8) is 0 Å². The number of hydrogen-bond acceptors (Lipinski definition) is 4. The van der Waals surface area contributed by atoms with Crippen molar-refractivity contribution in [3.8, 4) is 5.75 Å². The van der Waals surface area contributed by atoms with Gasteiger partial charge >= 0.3 is 0 Å². The molecule has 1 spiro atoms. The third-order valence-electron chi connectivity index (χ3n) is 6.74. The van der Waals surface area contributed by atoms with Gasteiger partial charge in [-0.25, -0.2) is 0 Å². The van der Waals surface area contributed by atoms with E-state index in [1.54, 1.807) is 7.11 Å². The molecule has 5 heteroatoms. The smallest absolute Gasteiger partial charge is 0.229 e. The Hall–Kier alpha value is -1.75. The molecule has 3 aliphatic rings. The van der Waals surface area contributed by atoms with Crippen molar-refractivity contribution < 1.29 is 9.53 Å². The van der Waals surface area contributed by atoms with Crippen LogP contribution in [-0.4, -0.2) is 68.6 Å². The Labute approximate surface area is 156 Å². The molecular formula is C21H31N3O2. The summed E-state index contributed by atoms with van der Waals surface area (Å²) >= 11 is 0. The average Bonchev–Trinajstić information content (AvgIpc) is 3.11. The van der Waals surface area contributed by atoms with Crippen molar-refractivity contribution in [2.75, 3.05) is 51.8 Å². The predicted octanol–water partition coefficient (Wildman–Crippen LogP) is 2.61. The molecule has 0 radical (unpaired) electrons. The van der Waals surface area contributed by atoms with Crippen LogP contribution in [-0.2, 0) is 4.79 Å². The Bertz CT molecular complexity index is 656. The van der Waals surface area contributed by atoms with Crippen LogP contribution < -0.4 is 9.64 Å². The molecule has 1 aromatic rings. The molecule has 1 aromatic carbocycles. The lowest BCUT2D eigenvalue weighted by Gasteiger charge is -2.40. The summed E-state index contributed by atoms with van der Waals surface area (Å²) in [6, 6.07) is 8.91. The van der Waals surface area contributed by atoms with Crippen molar-refractivity contribution in [1.82, 2.24) is 9.80 Å². The third-order valence-corrected chi connectivity index (χ3v) is 6.74. The molecular weight excluding hydrogens is 326 g/mol. The normalized spacial score (nSPS) is 28.2. The van der Waals surface area contributed by atoms with E-state index in [0.29, 0.717) is 11.9 Å². The number of carbonyl (C=O) groups excluding carboxylic acids is 1. The van der Waals surface area contributed by atoms with E-state index in [4.69, 9.17) is 4.74 Å². The molecule has 3 aliphatic heterocycles. The molecule has 0 N–H and O–H groups in total. The minimum Gasteiger partial charge on any atom is -0.495 e. The van der Waals surface area contributed by atoms with Gasteiger partial charge in [-0.1, -0.05) is 12.1 Å². The molecule has 1 atom stereocenters. The number of ether oxygens (including phenoxy) is 1. The first-order valence-corrected chi connectivity index (χ1v) is 10.0. The highest BCUT2D eigenvalue weighted by Crippen LogP contribution is 2.41. The predicted molar refractivity (Wildman–Crippen MR) is 104 cm³/mol. The Kier molecular flexibility index (Phi) is 4.82. The van der Waals surface area contributed by atoms with Gasteiger partial charge in [0.2, 0.25) is 5.91 Å². The number of carbonyl (C=O) groups is 1. The number of likely N-dealkylation sites (tertiary alicyclic amines) is 2. The average molecular weight is 357 g/mol. The van der Waals surface area contributed by atoms with Crippen LogP contribution in [0.3, 0.4) is 0 Å². The zero-order valence-corrected chi connectivity index (χ0v) is 16.1. The molecule has 26 heavy (non-hydrogen) atoms. The van der Waals surface area contributed by atoms with Crippen molar-refractivity contribution in [1.29, 1.82) is 0 Å². The molecule has 0 saturated carbocycles. The standard InChI is InChI=1S/C21H31N3O2/c1-22-12-5-10-21(20(22)25)11-15-24(16-21)17-8-13-23(14-9-17)18-6-3-4-7-19(18)26-2/h3-4,6-7,17H,5,8-16H2,1-2H3. The van der Waals surface area contributed by atoms with Crippen LogP contribution in [0.15, 0.2) is 24.3 Å². The number of amides is 1. The number of nitrogens with zero attached hydrogens (tertiary/aromatic N) is 3. The first kappa shape index (κ1) is 17.7. The zero-order valence-electron chi connectivity index (χ0n) is 16.1. The maximum atomic E-state index is 12.8. The Morgan fingerprint density at radius 1 is 1.08 bits per heavy atom. The maximum Gasteiger partial charge on any atom is 0.229 e. The maximum absolute atomic E-state index is 12.8. The van der Waals surface area contributed by atoms with E-state index in [2.05, 4.69) is 21.9 Å². The first-order valence-electron chi connectivity index (χ1n) is 10.0. The van der Waals surface area contributed by atoms with E-state index >= 15 is 0 Å². The molecule has 3 fully saturated rings. The topological polar surface area (TPSA) is 36.0 Å². The summed E-state index contributed by atoms with van der Waals surface area (Å²) in [6.45, 7) is 5.09. The number of methoxy groups -OCH3 is 1. The quantitative estimate of drug-likeness (QED) is 0.833. The summed E-state index contributed by atoms with van der Waals surface area (Å²) < 4.78 is 5.53. The van der Waals surface area contributed by atoms with Gasteiger partial charge in [-0.05, 0) is 50.8 Å². The second-order valence-corrected chi connectivity index (χ2v) is 8.22. The monoisotopic (exact) mass is 357 g/mol. The van der Waals surface area contributed by atoms with Crippen LogP contribution >= 0.6 is 0 Å². The molecule has 0 aliphatic carbocycles. The number of anilines is 1. The molecule has 3 heterocycles. The van der Waals surface area contributed by atoms with E-state index in [1.165, 1.54) is 5.69 Å². The SMILES string of the molecule is COc1ccccc1N1CCC(N2CCC3(CCCN(C)C3=O)C2)CC1. The fourth-order valence-corrected chi connectivity index (χ4v) is 5.23. The van der Waals surface area contributed by atoms with Gasteiger partial charge in [0.25, 0.3) is 0 Å². The van der Waals surface area contributed by atoms with Gasteiger partial charge in [-0.3, -0.25) is 9.69 Å². The van der Waals surface area contributed by atoms with Crippen molar-refractivity contribution in [2.24, 2.45) is 5.41 Å². The summed E-state index contributed by atoms with van der Waals surface area (Å²) in [5.41, 5.74) is 1.11. The third kappa shape index (κ3) is 3.07. The largest absolute Gasteiger partial charge is 0.495 e. The summed E-state index contributed by atoms with van der Waals surface area (Å²) in [6.07, 6.45) is 5.61. The van der Waals surface area contributed by atoms with Crippen molar-refractivity contribution in [2.45, 2.75) is 38.1 Å². The Morgan fingerprint density at radius 3 is 2.62 bits per heavy atom. The number of piperidine rings is 2. The van der Waals surface area contributed by atoms with Crippen LogP contribution in [0.5, 0.6) is 5.75 Å². The summed E-state index contributed by atoms with van der Waals surface area (Å²) in [5, 5.41) is 0. The van der Waals surface area contributed by atoms with Gasteiger partial charge in [0.15, 0.2) is 0 Å². The van der Waals surface area contributed by atoms with Gasteiger partial charge in [0.05, 0.1) is 18.2 Å². The fourth-order valence-electron chi connectivity index (χ4n) is 5.23. The zero-order chi connectivity index (χ0) is 18.1. The molecule has 3 saturated heterocycles. The van der Waals surface area contributed by atoms with Gasteiger partial charge in [0, 0.05) is 39.3 Å². The van der Waals surface area contributed by atoms with Crippen LogP contribution in [0, 0.1) is 5.41 Å². The Balaban J connectivity index is 1.38. The van der Waals surface area contributed by atoms with Crippen LogP contribution in [0.25, 0.3) is 0 Å². The molecule has 0 bridgehead atoms. The number of hydrogen-bond donors (Lipinski definition) is 0. The fraction of sp³-hybridized carbons (Fsp3) is 0.667. The van der Waals surface area contributed by atoms with Gasteiger partial charge in [-0.15, -0.1) is 0 Å². The minimum atomic E-state index is -0.0905. The lowest BCUT2D eigenvalue weighted by molar-refractivity contribution is -0.144. The van der Waals surface area contributed by atoms with Gasteiger partial charge in [0.1, 0.15) is 5.75 Å². The molecule has 1 unspecified atom stereocenters. The van der Waals surface area contributed by atoms with Crippen LogP contribution in [0.1, 0.15) is 32.1 Å². The van der Waals surface area contributed by atoms with Crippen LogP contribution in [0.4, 0.5) is 5.69 Å². The highest BCUT2D eigenvalue weighted by molar-refractivity contribution is 5.84. The van der Waals surface area contributed by atoms with Crippen molar-refractivity contribution >= 4 is 11.6 Å². The number of para-hydroxylation sites is 2. The molecule has 142 valence electrons. The Morgan fingerprint density at radius 2 is 1.85 bits per heavy atom. The molecule has 5 nitrogen and oxygen atoms in total. The summed E-state index contributed by atoms with van der Waals surface area (Å²) in [5.74, 6) is 1.35. The van der Waals surface area contributed by atoms with Crippen LogP contribution in [0.2, 0.25) is 0 Å². The van der Waals surface area contributed by atoms with E-state index in [-0.39, 0.29) is 5.41 Å².